The van der Waals surface area contributed by atoms with E-state index < -0.39 is 11.7 Å². The number of hydrogen-bond donors (Lipinski definition) is 1. The molecule has 2 aromatic carbocycles. The molecule has 0 amide bonds. The Morgan fingerprint density at radius 2 is 1.97 bits per heavy atom. The van der Waals surface area contributed by atoms with E-state index in [0.29, 0.717) is 18.7 Å². The lowest BCUT2D eigenvalue weighted by molar-refractivity contribution is -0.106. The summed E-state index contributed by atoms with van der Waals surface area (Å²) >= 11 is 2.87. The first-order valence-corrected chi connectivity index (χ1v) is 12.5. The number of alkyl halides is 2. The number of ether oxygens (including phenoxy) is 1. The van der Waals surface area contributed by atoms with Crippen molar-refractivity contribution in [3.8, 4) is 5.75 Å². The molecule has 1 heterocycles. The minimum Gasteiger partial charge on any atom is -0.461 e. The normalized spacial score (nSPS) is 16.8. The van der Waals surface area contributed by atoms with Gasteiger partial charge in [-0.25, -0.2) is 13.1 Å². The molecule has 0 saturated heterocycles. The number of carbonyl (C=O) groups is 1. The second-order valence-corrected chi connectivity index (χ2v) is 9.60. The number of thioether (sulfide) groups is 1. The van der Waals surface area contributed by atoms with Gasteiger partial charge in [0.25, 0.3) is 0 Å². The third-order valence-corrected chi connectivity index (χ3v) is 6.95. The Labute approximate surface area is 207 Å². The molecule has 186 valence electrons. The number of para-hydroxylation sites is 1. The average Bonchev–Trinajstić information content (AvgIpc) is 2.97. The van der Waals surface area contributed by atoms with Crippen LogP contribution in [0.25, 0.3) is 0 Å². The van der Waals surface area contributed by atoms with Crippen molar-refractivity contribution in [2.45, 2.75) is 41.5 Å². The van der Waals surface area contributed by atoms with Crippen molar-refractivity contribution in [2.75, 3.05) is 31.9 Å². The number of likely N-dealkylation sites (N-methyl/N-ethyl adjacent to an activating group) is 1. The lowest BCUT2D eigenvalue weighted by atomic mass is 10.1. The molecule has 10 heteroatoms. The molecule has 0 fully saturated rings. The van der Waals surface area contributed by atoms with Crippen LogP contribution in [0, 0.1) is 0 Å². The lowest BCUT2D eigenvalue weighted by Crippen LogP contribution is -2.36. The summed E-state index contributed by atoms with van der Waals surface area (Å²) in [6.45, 7) is 1.48. The number of halogens is 3. The van der Waals surface area contributed by atoms with Crippen LogP contribution in [0.2, 0.25) is 0 Å². The summed E-state index contributed by atoms with van der Waals surface area (Å²) < 4.78 is 47.9. The second-order valence-electron chi connectivity index (χ2n) is 7.56. The van der Waals surface area contributed by atoms with E-state index in [1.54, 1.807) is 6.07 Å². The van der Waals surface area contributed by atoms with E-state index in [4.69, 9.17) is 9.84 Å². The van der Waals surface area contributed by atoms with Crippen molar-refractivity contribution in [3.05, 3.63) is 54.6 Å². The molecule has 3 rings (SSSR count). The molecule has 1 unspecified atom stereocenters. The number of nitrogens with zero attached hydrogens (tertiary/aromatic N) is 2. The topological polar surface area (TPSA) is 53.0 Å². The number of aliphatic hydroxyl groups is 1. The summed E-state index contributed by atoms with van der Waals surface area (Å²) in [7, 11) is 2.89. The molecule has 34 heavy (non-hydrogen) atoms. The van der Waals surface area contributed by atoms with Gasteiger partial charge in [-0.05, 0) is 62.9 Å². The molecule has 0 aliphatic carbocycles. The third-order valence-electron chi connectivity index (χ3n) is 5.08. The molecular formula is C24H29F3N2O3S2. The summed E-state index contributed by atoms with van der Waals surface area (Å²) in [5, 5.41) is 7.00. The van der Waals surface area contributed by atoms with Gasteiger partial charge >= 0.3 is 0 Å². The van der Waals surface area contributed by atoms with E-state index in [2.05, 4.69) is 4.90 Å². The van der Waals surface area contributed by atoms with Gasteiger partial charge in [0, 0.05) is 31.8 Å². The molecule has 1 aliphatic heterocycles. The molecule has 1 aliphatic rings. The van der Waals surface area contributed by atoms with Crippen LogP contribution in [-0.2, 0) is 4.79 Å². The molecular weight excluding hydrogens is 485 g/mol. The van der Waals surface area contributed by atoms with Gasteiger partial charge in [-0.2, -0.15) is 4.39 Å². The van der Waals surface area contributed by atoms with Crippen LogP contribution in [0.1, 0.15) is 19.8 Å². The predicted molar refractivity (Wildman–Crippen MR) is 133 cm³/mol. The maximum atomic E-state index is 13.6. The van der Waals surface area contributed by atoms with Gasteiger partial charge in [0.2, 0.25) is 5.92 Å². The number of fused-ring (bicyclic) bond motifs is 1. The minimum absolute atomic E-state index is 0.0793. The van der Waals surface area contributed by atoms with Gasteiger partial charge in [-0.3, -0.25) is 4.79 Å². The van der Waals surface area contributed by atoms with Crippen LogP contribution in [0.15, 0.2) is 64.3 Å². The summed E-state index contributed by atoms with van der Waals surface area (Å²) in [4.78, 5) is 14.3. The monoisotopic (exact) mass is 514 g/mol. The van der Waals surface area contributed by atoms with Crippen LogP contribution in [0.3, 0.4) is 0 Å². The highest BCUT2D eigenvalue weighted by atomic mass is 32.2. The van der Waals surface area contributed by atoms with E-state index >= 15 is 0 Å². The van der Waals surface area contributed by atoms with E-state index in [9.17, 15) is 18.0 Å². The minimum atomic E-state index is -2.73. The predicted octanol–water partition coefficient (Wildman–Crippen LogP) is 6.30. The fourth-order valence-corrected chi connectivity index (χ4v) is 5.00. The van der Waals surface area contributed by atoms with Crippen LogP contribution in [0.4, 0.5) is 24.5 Å². The highest BCUT2D eigenvalue weighted by Crippen LogP contribution is 2.46. The smallest absolute Gasteiger partial charge is 0.245 e. The molecule has 0 spiro atoms. The van der Waals surface area contributed by atoms with E-state index in [1.165, 1.54) is 23.7 Å². The molecule has 0 bridgehead atoms. The molecule has 0 aromatic heterocycles. The summed E-state index contributed by atoms with van der Waals surface area (Å²) in [5.41, 5.74) is 1.86. The zero-order valence-electron chi connectivity index (χ0n) is 19.5. The van der Waals surface area contributed by atoms with E-state index in [1.807, 2.05) is 54.0 Å². The first-order chi connectivity index (χ1) is 16.2. The fraction of sp³-hybridized carbons (Fsp3) is 0.375. The standard InChI is InChI=1S/C23H25F3N2O2S2.CH4O/c1-23(25,26)10-9-18-13-28(17-7-5-4-6-8-17)19-11-22(31-3)20(30-15-16(24)14-29)12-21(19)32-27(18)2;1-2/h4-8,11-12,14-15,18H,9-10,13H2,1-3H3;2H,1H3/b16-15-;. The van der Waals surface area contributed by atoms with Gasteiger partial charge in [-0.1, -0.05) is 18.2 Å². The van der Waals surface area contributed by atoms with Crippen molar-refractivity contribution < 1.29 is 27.8 Å². The van der Waals surface area contributed by atoms with Gasteiger partial charge in [0.1, 0.15) is 12.0 Å². The molecule has 0 radical (unpaired) electrons. The quantitative estimate of drug-likeness (QED) is 0.146. The van der Waals surface area contributed by atoms with Crippen LogP contribution in [0.5, 0.6) is 5.75 Å². The summed E-state index contributed by atoms with van der Waals surface area (Å²) in [6, 6.07) is 13.4. The fourth-order valence-electron chi connectivity index (χ4n) is 3.41. The van der Waals surface area contributed by atoms with Crippen molar-refractivity contribution in [1.29, 1.82) is 0 Å². The van der Waals surface area contributed by atoms with Gasteiger partial charge in [0.15, 0.2) is 12.1 Å². The Kier molecular flexibility index (Phi) is 10.8. The van der Waals surface area contributed by atoms with Gasteiger partial charge in [0.05, 0.1) is 15.5 Å². The number of aldehydes is 1. The second kappa shape index (κ2) is 13.1. The Bertz CT molecular complexity index is 972. The number of aliphatic hydroxyl groups excluding tert-OH is 1. The molecule has 0 saturated carbocycles. The van der Waals surface area contributed by atoms with Crippen molar-refractivity contribution in [1.82, 2.24) is 4.31 Å². The first-order valence-electron chi connectivity index (χ1n) is 10.5. The molecule has 5 nitrogen and oxygen atoms in total. The number of benzene rings is 2. The largest absolute Gasteiger partial charge is 0.461 e. The number of allylic oxidation sites excluding steroid dienone is 1. The van der Waals surface area contributed by atoms with Crippen LogP contribution >= 0.6 is 23.7 Å². The first kappa shape index (κ1) is 28.1. The Balaban J connectivity index is 0.00000199. The Morgan fingerprint density at radius 1 is 1.29 bits per heavy atom. The SMILES string of the molecule is CO.CSc1cc2c(cc1O/C=C(\F)C=O)SN(C)C(CCC(C)(F)F)CN2c1ccccc1. The Hall–Kier alpha value is -2.14. The molecule has 1 N–H and O–H groups in total. The highest BCUT2D eigenvalue weighted by Gasteiger charge is 2.31. The number of carbonyl (C=O) groups excluding carboxylic acids is 1. The Morgan fingerprint density at radius 3 is 2.56 bits per heavy atom. The maximum absolute atomic E-state index is 13.6. The van der Waals surface area contributed by atoms with Crippen molar-refractivity contribution >= 4 is 41.4 Å². The molecule has 2 aromatic rings. The highest BCUT2D eigenvalue weighted by molar-refractivity contribution is 7.98. The van der Waals surface area contributed by atoms with E-state index in [0.717, 1.165) is 41.5 Å². The number of hydrogen-bond acceptors (Lipinski definition) is 7. The van der Waals surface area contributed by atoms with Crippen molar-refractivity contribution in [2.24, 2.45) is 0 Å². The third kappa shape index (κ3) is 7.69. The summed E-state index contributed by atoms with van der Waals surface area (Å²) in [5.74, 6) is -3.33. The maximum Gasteiger partial charge on any atom is 0.245 e. The molecule has 1 atom stereocenters. The number of rotatable bonds is 8. The number of anilines is 2. The van der Waals surface area contributed by atoms with Gasteiger partial charge in [-0.15, -0.1) is 11.8 Å². The average molecular weight is 515 g/mol. The van der Waals surface area contributed by atoms with Crippen molar-refractivity contribution in [3.63, 3.8) is 0 Å². The van der Waals surface area contributed by atoms with E-state index in [-0.39, 0.29) is 18.7 Å². The summed E-state index contributed by atoms with van der Waals surface area (Å²) in [6.07, 6.45) is 2.86. The van der Waals surface area contributed by atoms with Crippen LogP contribution in [-0.4, -0.2) is 54.6 Å². The zero-order valence-corrected chi connectivity index (χ0v) is 21.1. The lowest BCUT2D eigenvalue weighted by Gasteiger charge is -2.30. The van der Waals surface area contributed by atoms with Crippen LogP contribution < -0.4 is 9.64 Å². The van der Waals surface area contributed by atoms with Gasteiger partial charge < -0.3 is 14.7 Å². The zero-order chi connectivity index (χ0) is 25.3.